The van der Waals surface area contributed by atoms with Crippen LogP contribution in [0.3, 0.4) is 0 Å². The lowest BCUT2D eigenvalue weighted by Gasteiger charge is -2.36. The molecule has 2 heterocycles. The fraction of sp³-hybridized carbons (Fsp3) is 0.786. The molecule has 3 nitrogen and oxygen atoms in total. The van der Waals surface area contributed by atoms with E-state index in [0.29, 0.717) is 0 Å². The first kappa shape index (κ1) is 14.0. The van der Waals surface area contributed by atoms with Gasteiger partial charge < -0.3 is 10.1 Å². The fourth-order valence-corrected chi connectivity index (χ4v) is 3.64. The van der Waals surface area contributed by atoms with Gasteiger partial charge in [0.1, 0.15) is 5.01 Å². The van der Waals surface area contributed by atoms with Crippen LogP contribution in [0.15, 0.2) is 5.38 Å². The van der Waals surface area contributed by atoms with Crippen LogP contribution in [0.4, 0.5) is 0 Å². The highest BCUT2D eigenvalue weighted by atomic mass is 32.1. The number of aromatic nitrogens is 1. The topological polar surface area (TPSA) is 34.2 Å². The van der Waals surface area contributed by atoms with Crippen LogP contribution < -0.4 is 5.32 Å². The van der Waals surface area contributed by atoms with Gasteiger partial charge in [0.25, 0.3) is 0 Å². The molecular formula is C14H24N2OS. The second-order valence-electron chi connectivity index (χ2n) is 6.01. The molecule has 1 aliphatic rings. The summed E-state index contributed by atoms with van der Waals surface area (Å²) in [6.45, 7) is 11.5. The Balaban J connectivity index is 2.28. The largest absolute Gasteiger partial charge is 0.381 e. The highest BCUT2D eigenvalue weighted by Gasteiger charge is 2.37. The summed E-state index contributed by atoms with van der Waals surface area (Å²) in [7, 11) is 0. The molecule has 0 atom stereocenters. The Kier molecular flexibility index (Phi) is 4.09. The maximum absolute atomic E-state index is 5.50. The van der Waals surface area contributed by atoms with Gasteiger partial charge in [-0.25, -0.2) is 4.98 Å². The summed E-state index contributed by atoms with van der Waals surface area (Å²) in [5.41, 5.74) is 1.38. The first-order chi connectivity index (χ1) is 8.48. The molecule has 1 aliphatic heterocycles. The normalized spacial score (nSPS) is 20.0. The van der Waals surface area contributed by atoms with Gasteiger partial charge in [-0.15, -0.1) is 11.3 Å². The van der Waals surface area contributed by atoms with E-state index in [4.69, 9.17) is 9.72 Å². The SMILES string of the molecule is CCNC1(c2nc(C(C)(C)C)cs2)CCOCC1. The maximum atomic E-state index is 5.50. The van der Waals surface area contributed by atoms with Crippen molar-refractivity contribution in [2.45, 2.75) is 51.5 Å². The first-order valence-corrected chi connectivity index (χ1v) is 7.65. The summed E-state index contributed by atoms with van der Waals surface area (Å²) in [4.78, 5) is 4.90. The van der Waals surface area contributed by atoms with E-state index in [0.717, 1.165) is 32.6 Å². The van der Waals surface area contributed by atoms with E-state index in [1.165, 1.54) is 10.7 Å². The van der Waals surface area contributed by atoms with Gasteiger partial charge in [0.05, 0.1) is 11.2 Å². The van der Waals surface area contributed by atoms with Crippen molar-refractivity contribution < 1.29 is 4.74 Å². The Bertz CT molecular complexity index is 383. The average Bonchev–Trinajstić information content (AvgIpc) is 2.80. The summed E-state index contributed by atoms with van der Waals surface area (Å²) >= 11 is 1.79. The van der Waals surface area contributed by atoms with E-state index >= 15 is 0 Å². The monoisotopic (exact) mass is 268 g/mol. The zero-order valence-electron chi connectivity index (χ0n) is 11.9. The van der Waals surface area contributed by atoms with Gasteiger partial charge in [-0.05, 0) is 19.4 Å². The fourth-order valence-electron chi connectivity index (χ4n) is 2.36. The van der Waals surface area contributed by atoms with Crippen molar-refractivity contribution in [3.8, 4) is 0 Å². The Morgan fingerprint density at radius 3 is 2.56 bits per heavy atom. The van der Waals surface area contributed by atoms with Crippen LogP contribution >= 0.6 is 11.3 Å². The molecule has 4 heteroatoms. The predicted molar refractivity (Wildman–Crippen MR) is 76.2 cm³/mol. The van der Waals surface area contributed by atoms with Crippen molar-refractivity contribution in [1.29, 1.82) is 0 Å². The number of nitrogens with zero attached hydrogens (tertiary/aromatic N) is 1. The van der Waals surface area contributed by atoms with E-state index in [9.17, 15) is 0 Å². The standard InChI is InChI=1S/C14H24N2OS/c1-5-15-14(6-8-17-9-7-14)12-16-11(10-18-12)13(2,3)4/h10,15H,5-9H2,1-4H3. The number of ether oxygens (including phenoxy) is 1. The Morgan fingerprint density at radius 2 is 2.06 bits per heavy atom. The van der Waals surface area contributed by atoms with Gasteiger partial charge in [0, 0.05) is 24.0 Å². The molecule has 0 amide bonds. The lowest BCUT2D eigenvalue weighted by Crippen LogP contribution is -2.46. The number of hydrogen-bond acceptors (Lipinski definition) is 4. The molecule has 102 valence electrons. The minimum atomic E-state index is 0.0428. The predicted octanol–water partition coefficient (Wildman–Crippen LogP) is 3.06. The minimum Gasteiger partial charge on any atom is -0.381 e. The Morgan fingerprint density at radius 1 is 1.39 bits per heavy atom. The number of rotatable bonds is 3. The summed E-state index contributed by atoms with van der Waals surface area (Å²) in [6.07, 6.45) is 2.05. The van der Waals surface area contributed by atoms with Crippen molar-refractivity contribution >= 4 is 11.3 Å². The van der Waals surface area contributed by atoms with Crippen LogP contribution in [0.25, 0.3) is 0 Å². The molecule has 0 spiro atoms. The zero-order chi connectivity index (χ0) is 13.2. The minimum absolute atomic E-state index is 0.0428. The molecule has 1 saturated heterocycles. The molecule has 1 aromatic heterocycles. The average molecular weight is 268 g/mol. The van der Waals surface area contributed by atoms with E-state index < -0.39 is 0 Å². The van der Waals surface area contributed by atoms with Crippen molar-refractivity contribution in [2.75, 3.05) is 19.8 Å². The van der Waals surface area contributed by atoms with E-state index in [2.05, 4.69) is 38.4 Å². The first-order valence-electron chi connectivity index (χ1n) is 6.77. The summed E-state index contributed by atoms with van der Waals surface area (Å²) in [5, 5.41) is 7.09. The van der Waals surface area contributed by atoms with Gasteiger partial charge in [-0.1, -0.05) is 27.7 Å². The van der Waals surface area contributed by atoms with E-state index in [1.54, 1.807) is 11.3 Å². The van der Waals surface area contributed by atoms with Crippen LogP contribution in [0.5, 0.6) is 0 Å². The van der Waals surface area contributed by atoms with Crippen molar-refractivity contribution in [3.63, 3.8) is 0 Å². The van der Waals surface area contributed by atoms with Crippen molar-refractivity contribution in [2.24, 2.45) is 0 Å². The van der Waals surface area contributed by atoms with E-state index in [-0.39, 0.29) is 11.0 Å². The highest BCUT2D eigenvalue weighted by molar-refractivity contribution is 7.09. The van der Waals surface area contributed by atoms with Crippen molar-refractivity contribution in [3.05, 3.63) is 16.1 Å². The maximum Gasteiger partial charge on any atom is 0.113 e. The number of nitrogens with one attached hydrogen (secondary N) is 1. The van der Waals surface area contributed by atoms with Gasteiger partial charge in [-0.3, -0.25) is 0 Å². The molecular weight excluding hydrogens is 244 g/mol. The zero-order valence-corrected chi connectivity index (χ0v) is 12.7. The third-order valence-electron chi connectivity index (χ3n) is 3.54. The highest BCUT2D eigenvalue weighted by Crippen LogP contribution is 2.36. The molecule has 0 unspecified atom stereocenters. The molecule has 0 aliphatic carbocycles. The number of hydrogen-bond donors (Lipinski definition) is 1. The van der Waals surface area contributed by atoms with Gasteiger partial charge in [0.15, 0.2) is 0 Å². The van der Waals surface area contributed by atoms with Crippen LogP contribution in [0.1, 0.15) is 51.2 Å². The smallest absolute Gasteiger partial charge is 0.113 e. The molecule has 1 fully saturated rings. The molecule has 2 rings (SSSR count). The lowest BCUT2D eigenvalue weighted by molar-refractivity contribution is 0.0372. The Labute approximate surface area is 114 Å². The molecule has 0 bridgehead atoms. The summed E-state index contributed by atoms with van der Waals surface area (Å²) in [5.74, 6) is 0. The van der Waals surface area contributed by atoms with Gasteiger partial charge in [0.2, 0.25) is 0 Å². The Hall–Kier alpha value is -0.450. The number of thiazole rings is 1. The second-order valence-corrected chi connectivity index (χ2v) is 6.87. The molecule has 0 aromatic carbocycles. The van der Waals surface area contributed by atoms with Crippen LogP contribution in [0.2, 0.25) is 0 Å². The van der Waals surface area contributed by atoms with E-state index in [1.807, 2.05) is 0 Å². The summed E-state index contributed by atoms with van der Waals surface area (Å²) in [6, 6.07) is 0. The molecule has 18 heavy (non-hydrogen) atoms. The molecule has 1 aromatic rings. The van der Waals surface area contributed by atoms with Crippen LogP contribution in [-0.4, -0.2) is 24.7 Å². The van der Waals surface area contributed by atoms with Gasteiger partial charge >= 0.3 is 0 Å². The van der Waals surface area contributed by atoms with Crippen molar-refractivity contribution in [1.82, 2.24) is 10.3 Å². The van der Waals surface area contributed by atoms with Crippen LogP contribution in [-0.2, 0) is 15.7 Å². The van der Waals surface area contributed by atoms with Crippen LogP contribution in [0, 0.1) is 0 Å². The second kappa shape index (κ2) is 5.27. The third-order valence-corrected chi connectivity index (χ3v) is 4.59. The molecule has 1 N–H and O–H groups in total. The van der Waals surface area contributed by atoms with Gasteiger partial charge in [-0.2, -0.15) is 0 Å². The third kappa shape index (κ3) is 2.76. The molecule has 0 saturated carbocycles. The quantitative estimate of drug-likeness (QED) is 0.915. The summed E-state index contributed by atoms with van der Waals surface area (Å²) < 4.78 is 5.50. The molecule has 0 radical (unpaired) electrons. The lowest BCUT2D eigenvalue weighted by atomic mass is 9.89.